The zero-order valence-corrected chi connectivity index (χ0v) is 14.5. The smallest absolute Gasteiger partial charge is 0.252 e. The predicted octanol–water partition coefficient (Wildman–Crippen LogP) is 1.39. The van der Waals surface area contributed by atoms with Crippen LogP contribution in [0.3, 0.4) is 0 Å². The van der Waals surface area contributed by atoms with E-state index in [2.05, 4.69) is 25.7 Å². The normalized spacial score (nSPS) is 19.0. The molecule has 1 fully saturated rings. The fourth-order valence-corrected chi connectivity index (χ4v) is 5.39. The van der Waals surface area contributed by atoms with Gasteiger partial charge in [0.15, 0.2) is 0 Å². The van der Waals surface area contributed by atoms with Crippen molar-refractivity contribution in [2.45, 2.75) is 36.9 Å². The topological polar surface area (TPSA) is 60.9 Å². The van der Waals surface area contributed by atoms with E-state index in [1.807, 2.05) is 0 Å². The molecule has 21 heavy (non-hydrogen) atoms. The molecule has 0 aromatic carbocycles. The van der Waals surface area contributed by atoms with Gasteiger partial charge in [0.1, 0.15) is 4.21 Å². The summed E-state index contributed by atoms with van der Waals surface area (Å²) in [5, 5.41) is 8.93. The summed E-state index contributed by atoms with van der Waals surface area (Å²) >= 11 is 1.26. The molecule has 120 valence electrons. The Hall–Kier alpha value is -0.470. The summed E-state index contributed by atoms with van der Waals surface area (Å²) in [4.78, 5) is 3.22. The number of nitrogens with zero attached hydrogens (tertiary/aromatic N) is 2. The molecule has 1 aliphatic heterocycles. The molecule has 1 aromatic heterocycles. The van der Waals surface area contributed by atoms with E-state index in [4.69, 9.17) is 5.11 Å². The van der Waals surface area contributed by atoms with Gasteiger partial charge in [-0.3, -0.25) is 4.90 Å². The Balaban J connectivity index is 2.07. The van der Waals surface area contributed by atoms with E-state index < -0.39 is 10.0 Å². The molecule has 0 bridgehead atoms. The van der Waals surface area contributed by atoms with Crippen LogP contribution < -0.4 is 0 Å². The van der Waals surface area contributed by atoms with Crippen molar-refractivity contribution in [3.8, 4) is 0 Å². The second-order valence-corrected chi connectivity index (χ2v) is 9.59. The molecular weight excluding hydrogens is 308 g/mol. The summed E-state index contributed by atoms with van der Waals surface area (Å²) in [6, 6.07) is 3.44. The highest BCUT2D eigenvalue weighted by atomic mass is 32.2. The lowest BCUT2D eigenvalue weighted by molar-refractivity contribution is 0.0922. The maximum absolute atomic E-state index is 12.6. The Kier molecular flexibility index (Phi) is 5.10. The molecular formula is C14H24N2O3S2. The first-order chi connectivity index (χ1) is 9.75. The van der Waals surface area contributed by atoms with Crippen molar-refractivity contribution in [3.05, 3.63) is 17.0 Å². The molecule has 5 nitrogen and oxygen atoms in total. The van der Waals surface area contributed by atoms with Crippen LogP contribution >= 0.6 is 11.3 Å². The van der Waals surface area contributed by atoms with Crippen LogP contribution in [0.1, 0.15) is 25.6 Å². The van der Waals surface area contributed by atoms with Gasteiger partial charge in [0.25, 0.3) is 10.0 Å². The number of thiophene rings is 1. The quantitative estimate of drug-likeness (QED) is 0.905. The van der Waals surface area contributed by atoms with Crippen LogP contribution in [0.2, 0.25) is 0 Å². The minimum Gasteiger partial charge on any atom is -0.396 e. The number of aliphatic hydroxyl groups is 1. The summed E-state index contributed by atoms with van der Waals surface area (Å²) in [7, 11) is -3.38. The molecule has 0 aliphatic carbocycles. The number of aliphatic hydroxyl groups excluding tert-OH is 1. The molecule has 1 aliphatic rings. The average molecular weight is 332 g/mol. The van der Waals surface area contributed by atoms with Crippen LogP contribution in [-0.2, 0) is 16.4 Å². The number of sulfonamides is 1. The van der Waals surface area contributed by atoms with Crippen molar-refractivity contribution in [2.75, 3.05) is 32.8 Å². The molecule has 1 saturated heterocycles. The van der Waals surface area contributed by atoms with Crippen molar-refractivity contribution in [1.29, 1.82) is 0 Å². The van der Waals surface area contributed by atoms with Crippen molar-refractivity contribution in [2.24, 2.45) is 0 Å². The Labute approximate surface area is 131 Å². The third kappa shape index (κ3) is 3.84. The molecule has 1 N–H and O–H groups in total. The van der Waals surface area contributed by atoms with Crippen LogP contribution in [0.15, 0.2) is 16.3 Å². The zero-order valence-electron chi connectivity index (χ0n) is 12.9. The number of hydrogen-bond acceptors (Lipinski definition) is 5. The van der Waals surface area contributed by atoms with Crippen molar-refractivity contribution in [3.63, 3.8) is 0 Å². The van der Waals surface area contributed by atoms with Crippen LogP contribution in [0.25, 0.3) is 0 Å². The van der Waals surface area contributed by atoms with Gasteiger partial charge in [-0.05, 0) is 32.9 Å². The van der Waals surface area contributed by atoms with Crippen molar-refractivity contribution >= 4 is 21.4 Å². The lowest BCUT2D eigenvalue weighted by Crippen LogP contribution is -2.54. The Morgan fingerprint density at radius 2 is 1.81 bits per heavy atom. The molecule has 0 spiro atoms. The predicted molar refractivity (Wildman–Crippen MR) is 85.2 cm³/mol. The van der Waals surface area contributed by atoms with Crippen molar-refractivity contribution < 1.29 is 13.5 Å². The highest BCUT2D eigenvalue weighted by Gasteiger charge is 2.32. The summed E-state index contributed by atoms with van der Waals surface area (Å²) in [5.41, 5.74) is 0.0765. The molecule has 7 heteroatoms. The molecule has 0 unspecified atom stereocenters. The third-order valence-electron chi connectivity index (χ3n) is 3.78. The maximum atomic E-state index is 12.6. The van der Waals surface area contributed by atoms with Gasteiger partial charge in [0.05, 0.1) is 0 Å². The van der Waals surface area contributed by atoms with E-state index in [1.165, 1.54) is 11.3 Å². The third-order valence-corrected chi connectivity index (χ3v) is 7.29. The Morgan fingerprint density at radius 3 is 2.33 bits per heavy atom. The molecule has 2 heterocycles. The molecule has 0 radical (unpaired) electrons. The molecule has 2 rings (SSSR count). The standard InChI is InChI=1S/C14H24N2O3S2/c1-14(2,3)15-7-9-16(10-8-15)21(18,19)13-5-4-12(20-13)6-11-17/h4-5,17H,6-11H2,1-3H3. The van der Waals surface area contributed by atoms with Crippen molar-refractivity contribution in [1.82, 2.24) is 9.21 Å². The van der Waals surface area contributed by atoms with Crippen LogP contribution in [0.4, 0.5) is 0 Å². The first kappa shape index (κ1) is 16.9. The first-order valence-electron chi connectivity index (χ1n) is 7.20. The van der Waals surface area contributed by atoms with Gasteiger partial charge in [0.2, 0.25) is 0 Å². The number of hydrogen-bond donors (Lipinski definition) is 1. The summed E-state index contributed by atoms with van der Waals surface area (Å²) in [5.74, 6) is 0. The number of piperazine rings is 1. The molecule has 1 aromatic rings. The lowest BCUT2D eigenvalue weighted by Gasteiger charge is -2.41. The Morgan fingerprint density at radius 1 is 1.19 bits per heavy atom. The summed E-state index contributed by atoms with van der Waals surface area (Å²) in [6.07, 6.45) is 0.512. The second kappa shape index (κ2) is 6.34. The fourth-order valence-electron chi connectivity index (χ4n) is 2.47. The minimum absolute atomic E-state index is 0.0459. The lowest BCUT2D eigenvalue weighted by atomic mass is 10.1. The Bertz CT molecular complexity index is 567. The van der Waals surface area contributed by atoms with Gasteiger partial charge < -0.3 is 5.11 Å². The van der Waals surface area contributed by atoms with Crippen LogP contribution in [-0.4, -0.2) is 61.1 Å². The first-order valence-corrected chi connectivity index (χ1v) is 9.45. The van der Waals surface area contributed by atoms with Gasteiger partial charge in [-0.15, -0.1) is 11.3 Å². The molecule has 0 amide bonds. The van der Waals surface area contributed by atoms with Gasteiger partial charge in [-0.25, -0.2) is 8.42 Å². The average Bonchev–Trinajstić information content (AvgIpc) is 2.88. The largest absolute Gasteiger partial charge is 0.396 e. The van der Waals surface area contributed by atoms with Crippen LogP contribution in [0, 0.1) is 0 Å². The van der Waals surface area contributed by atoms with E-state index in [-0.39, 0.29) is 12.1 Å². The molecule has 0 atom stereocenters. The van der Waals surface area contributed by atoms with Gasteiger partial charge in [-0.1, -0.05) is 0 Å². The minimum atomic E-state index is -3.38. The summed E-state index contributed by atoms with van der Waals surface area (Å²) < 4.78 is 27.2. The van der Waals surface area contributed by atoms with Gasteiger partial charge in [0, 0.05) is 49.6 Å². The van der Waals surface area contributed by atoms with Gasteiger partial charge >= 0.3 is 0 Å². The SMILES string of the molecule is CC(C)(C)N1CCN(S(=O)(=O)c2ccc(CCO)s2)CC1. The van der Waals surface area contributed by atoms with Crippen LogP contribution in [0.5, 0.6) is 0 Å². The highest BCUT2D eigenvalue weighted by molar-refractivity contribution is 7.91. The highest BCUT2D eigenvalue weighted by Crippen LogP contribution is 2.27. The summed E-state index contributed by atoms with van der Waals surface area (Å²) in [6.45, 7) is 9.09. The maximum Gasteiger partial charge on any atom is 0.252 e. The van der Waals surface area contributed by atoms with E-state index in [0.717, 1.165) is 18.0 Å². The van der Waals surface area contributed by atoms with Gasteiger partial charge in [-0.2, -0.15) is 4.31 Å². The monoisotopic (exact) mass is 332 g/mol. The van der Waals surface area contributed by atoms with E-state index in [0.29, 0.717) is 23.7 Å². The van der Waals surface area contributed by atoms with E-state index >= 15 is 0 Å². The second-order valence-electron chi connectivity index (χ2n) is 6.26. The van der Waals surface area contributed by atoms with E-state index in [1.54, 1.807) is 16.4 Å². The molecule has 0 saturated carbocycles. The zero-order chi connectivity index (χ0) is 15.7. The fraction of sp³-hybridized carbons (Fsp3) is 0.714. The van der Waals surface area contributed by atoms with E-state index in [9.17, 15) is 8.42 Å². The number of rotatable bonds is 4.